The van der Waals surface area contributed by atoms with Gasteiger partial charge in [-0.2, -0.15) is 0 Å². The SMILES string of the molecule is NCCCn1c2ccccc2c2ccc(OCC=C3CC4CCN3CC4)cc21. The van der Waals surface area contributed by atoms with Gasteiger partial charge in [-0.25, -0.2) is 0 Å². The molecule has 3 aliphatic rings. The van der Waals surface area contributed by atoms with E-state index in [0.717, 1.165) is 24.6 Å². The summed E-state index contributed by atoms with van der Waals surface area (Å²) in [4.78, 5) is 2.54. The lowest BCUT2D eigenvalue weighted by Gasteiger charge is -2.42. The largest absolute Gasteiger partial charge is 0.489 e. The molecule has 4 heteroatoms. The number of aryl methyl sites for hydroxylation is 1. The van der Waals surface area contributed by atoms with Crippen LogP contribution in [-0.4, -0.2) is 35.7 Å². The molecule has 4 nitrogen and oxygen atoms in total. The highest BCUT2D eigenvalue weighted by molar-refractivity contribution is 6.08. The summed E-state index contributed by atoms with van der Waals surface area (Å²) in [6.45, 7) is 4.74. The number of allylic oxidation sites excluding steroid dienone is 1. The Morgan fingerprint density at radius 3 is 2.64 bits per heavy atom. The first-order valence-electron chi connectivity index (χ1n) is 10.6. The molecule has 2 bridgehead atoms. The zero-order chi connectivity index (χ0) is 18.9. The highest BCUT2D eigenvalue weighted by Gasteiger charge is 2.28. The first kappa shape index (κ1) is 17.6. The maximum Gasteiger partial charge on any atom is 0.121 e. The zero-order valence-electron chi connectivity index (χ0n) is 16.4. The van der Waals surface area contributed by atoms with Gasteiger partial charge in [0.2, 0.25) is 0 Å². The molecule has 146 valence electrons. The molecule has 28 heavy (non-hydrogen) atoms. The summed E-state index contributed by atoms with van der Waals surface area (Å²) < 4.78 is 8.52. The van der Waals surface area contributed by atoms with E-state index < -0.39 is 0 Å². The lowest BCUT2D eigenvalue weighted by molar-refractivity contribution is 0.158. The van der Waals surface area contributed by atoms with E-state index in [1.165, 1.54) is 59.9 Å². The Labute approximate surface area is 166 Å². The molecular formula is C24H29N3O. The smallest absolute Gasteiger partial charge is 0.121 e. The molecule has 0 unspecified atom stereocenters. The number of hydrogen-bond acceptors (Lipinski definition) is 3. The van der Waals surface area contributed by atoms with Gasteiger partial charge in [0.15, 0.2) is 0 Å². The van der Waals surface area contributed by atoms with Gasteiger partial charge in [0, 0.05) is 47.7 Å². The molecule has 1 aromatic heterocycles. The second-order valence-electron chi connectivity index (χ2n) is 8.13. The van der Waals surface area contributed by atoms with Crippen molar-refractivity contribution in [1.29, 1.82) is 0 Å². The molecular weight excluding hydrogens is 346 g/mol. The maximum atomic E-state index is 6.14. The minimum atomic E-state index is 0.646. The number of rotatable bonds is 6. The van der Waals surface area contributed by atoms with Crippen LogP contribution < -0.4 is 10.5 Å². The molecule has 0 saturated carbocycles. The van der Waals surface area contributed by atoms with Crippen LogP contribution in [0.5, 0.6) is 5.75 Å². The minimum Gasteiger partial charge on any atom is -0.489 e. The van der Waals surface area contributed by atoms with Crippen molar-refractivity contribution in [3.63, 3.8) is 0 Å². The third-order valence-electron chi connectivity index (χ3n) is 6.42. The fourth-order valence-corrected chi connectivity index (χ4v) is 4.90. The Balaban J connectivity index is 1.40. The van der Waals surface area contributed by atoms with Crippen molar-refractivity contribution in [2.45, 2.75) is 32.2 Å². The van der Waals surface area contributed by atoms with Gasteiger partial charge in [-0.15, -0.1) is 0 Å². The van der Waals surface area contributed by atoms with Crippen molar-refractivity contribution in [2.75, 3.05) is 26.2 Å². The quantitative estimate of drug-likeness (QED) is 0.689. The Kier molecular flexibility index (Phi) is 4.73. The van der Waals surface area contributed by atoms with E-state index in [9.17, 15) is 0 Å². The number of aromatic nitrogens is 1. The molecule has 0 spiro atoms. The van der Waals surface area contributed by atoms with Crippen LogP contribution in [0.25, 0.3) is 21.8 Å². The fraction of sp³-hybridized carbons (Fsp3) is 0.417. The predicted octanol–water partition coefficient (Wildman–Crippen LogP) is 4.52. The average molecular weight is 376 g/mol. The molecule has 2 N–H and O–H groups in total. The standard InChI is InChI=1S/C24H29N3O/c25-11-3-12-27-23-5-2-1-4-21(23)22-7-6-20(17-24(22)27)28-15-10-19-16-18-8-13-26(19)14-9-18/h1-2,4-7,10,17-18H,3,8-9,11-16,25H2. The van der Waals surface area contributed by atoms with Gasteiger partial charge < -0.3 is 19.9 Å². The van der Waals surface area contributed by atoms with E-state index in [4.69, 9.17) is 10.5 Å². The molecule has 0 radical (unpaired) electrons. The van der Waals surface area contributed by atoms with E-state index >= 15 is 0 Å². The highest BCUT2D eigenvalue weighted by atomic mass is 16.5. The number of hydrogen-bond donors (Lipinski definition) is 1. The van der Waals surface area contributed by atoms with Crippen molar-refractivity contribution < 1.29 is 4.74 Å². The average Bonchev–Trinajstić information content (AvgIpc) is 3.06. The summed E-state index contributed by atoms with van der Waals surface area (Å²) in [7, 11) is 0. The van der Waals surface area contributed by atoms with Gasteiger partial charge >= 0.3 is 0 Å². The van der Waals surface area contributed by atoms with Crippen molar-refractivity contribution in [3.8, 4) is 5.75 Å². The number of nitrogens with zero attached hydrogens (tertiary/aromatic N) is 2. The van der Waals surface area contributed by atoms with Crippen LogP contribution in [0.3, 0.4) is 0 Å². The molecule has 6 rings (SSSR count). The number of para-hydroxylation sites is 1. The maximum absolute atomic E-state index is 6.14. The Morgan fingerprint density at radius 2 is 1.86 bits per heavy atom. The zero-order valence-corrected chi connectivity index (χ0v) is 16.4. The topological polar surface area (TPSA) is 43.4 Å². The number of fused-ring (bicyclic) bond motifs is 6. The van der Waals surface area contributed by atoms with E-state index in [2.05, 4.69) is 58.0 Å². The van der Waals surface area contributed by atoms with E-state index in [1.54, 1.807) is 0 Å². The molecule has 3 saturated heterocycles. The second kappa shape index (κ2) is 7.51. The number of nitrogens with two attached hydrogens (primary N) is 1. The second-order valence-corrected chi connectivity index (χ2v) is 8.13. The lowest BCUT2D eigenvalue weighted by atomic mass is 9.86. The molecule has 2 aromatic carbocycles. The van der Waals surface area contributed by atoms with Crippen molar-refractivity contribution in [3.05, 3.63) is 54.2 Å². The van der Waals surface area contributed by atoms with Crippen LogP contribution in [0.15, 0.2) is 54.2 Å². The lowest BCUT2D eigenvalue weighted by Crippen LogP contribution is -2.39. The number of ether oxygens (including phenoxy) is 1. The summed E-state index contributed by atoms with van der Waals surface area (Å²) in [6.07, 6.45) is 7.22. The predicted molar refractivity (Wildman–Crippen MR) is 116 cm³/mol. The van der Waals surface area contributed by atoms with Crippen LogP contribution in [0.4, 0.5) is 0 Å². The molecule has 3 aromatic rings. The summed E-state index contributed by atoms with van der Waals surface area (Å²) >= 11 is 0. The highest BCUT2D eigenvalue weighted by Crippen LogP contribution is 2.34. The van der Waals surface area contributed by atoms with Crippen molar-refractivity contribution in [2.24, 2.45) is 11.7 Å². The molecule has 0 atom stereocenters. The van der Waals surface area contributed by atoms with E-state index in [1.807, 2.05) is 0 Å². The number of piperidine rings is 3. The monoisotopic (exact) mass is 375 g/mol. The van der Waals surface area contributed by atoms with Crippen LogP contribution in [0.2, 0.25) is 0 Å². The van der Waals surface area contributed by atoms with Gasteiger partial charge in [-0.1, -0.05) is 18.2 Å². The minimum absolute atomic E-state index is 0.646. The normalized spacial score (nSPS) is 18.6. The number of benzene rings is 2. The summed E-state index contributed by atoms with van der Waals surface area (Å²) in [5, 5.41) is 2.59. The van der Waals surface area contributed by atoms with E-state index in [0.29, 0.717) is 13.2 Å². The fourth-order valence-electron chi connectivity index (χ4n) is 4.90. The van der Waals surface area contributed by atoms with Gasteiger partial charge in [0.25, 0.3) is 0 Å². The molecule has 0 aliphatic carbocycles. The third kappa shape index (κ3) is 3.16. The van der Waals surface area contributed by atoms with E-state index in [-0.39, 0.29) is 0 Å². The molecule has 3 aliphatic heterocycles. The van der Waals surface area contributed by atoms with Gasteiger partial charge in [-0.3, -0.25) is 0 Å². The van der Waals surface area contributed by atoms with Crippen LogP contribution in [0.1, 0.15) is 25.7 Å². The summed E-state index contributed by atoms with van der Waals surface area (Å²) in [5.41, 5.74) is 9.77. The Hall–Kier alpha value is -2.46. The molecule has 0 amide bonds. The molecule has 4 heterocycles. The Morgan fingerprint density at radius 1 is 1.04 bits per heavy atom. The van der Waals surface area contributed by atoms with Crippen LogP contribution in [0, 0.1) is 5.92 Å². The first-order valence-corrected chi connectivity index (χ1v) is 10.6. The van der Waals surface area contributed by atoms with Crippen molar-refractivity contribution in [1.82, 2.24) is 9.47 Å². The van der Waals surface area contributed by atoms with Gasteiger partial charge in [0.05, 0.1) is 5.52 Å². The summed E-state index contributed by atoms with van der Waals surface area (Å²) in [6, 6.07) is 15.1. The third-order valence-corrected chi connectivity index (χ3v) is 6.42. The van der Waals surface area contributed by atoms with Gasteiger partial charge in [-0.05, 0) is 62.4 Å². The van der Waals surface area contributed by atoms with Gasteiger partial charge in [0.1, 0.15) is 12.4 Å². The molecule has 3 fully saturated rings. The summed E-state index contributed by atoms with van der Waals surface area (Å²) in [5.74, 6) is 1.84. The van der Waals surface area contributed by atoms with Crippen LogP contribution >= 0.6 is 0 Å². The Bertz CT molecular complexity index is 1010. The van der Waals surface area contributed by atoms with Crippen LogP contribution in [-0.2, 0) is 6.54 Å². The first-order chi connectivity index (χ1) is 13.8. The van der Waals surface area contributed by atoms with Crippen molar-refractivity contribution >= 4 is 21.8 Å².